The van der Waals surface area contributed by atoms with E-state index in [1.54, 1.807) is 0 Å². The number of carbonyl (C=O) groups excluding carboxylic acids is 1. The molecule has 4 heteroatoms. The van der Waals surface area contributed by atoms with E-state index in [1.807, 2.05) is 32.9 Å². The average Bonchev–Trinajstić information content (AvgIpc) is 2.36. The summed E-state index contributed by atoms with van der Waals surface area (Å²) in [6, 6.07) is 6.15. The molecule has 1 unspecified atom stereocenters. The van der Waals surface area contributed by atoms with Crippen molar-refractivity contribution in [3.8, 4) is 0 Å². The molecule has 4 nitrogen and oxygen atoms in total. The number of fused-ring (bicyclic) bond motifs is 1. The zero-order chi connectivity index (χ0) is 14.0. The number of amides is 1. The van der Waals surface area contributed by atoms with Crippen LogP contribution in [0.1, 0.15) is 31.9 Å². The largest absolute Gasteiger partial charge is 0.399 e. The molecule has 0 aromatic heterocycles. The van der Waals surface area contributed by atoms with Crippen molar-refractivity contribution in [3.05, 3.63) is 29.3 Å². The third kappa shape index (κ3) is 3.26. The van der Waals surface area contributed by atoms with E-state index in [4.69, 9.17) is 5.73 Å². The first-order valence-electron chi connectivity index (χ1n) is 6.89. The first-order valence-corrected chi connectivity index (χ1v) is 6.89. The summed E-state index contributed by atoms with van der Waals surface area (Å²) in [5, 5.41) is 2.97. The van der Waals surface area contributed by atoms with Crippen molar-refractivity contribution < 1.29 is 4.79 Å². The van der Waals surface area contributed by atoms with Crippen LogP contribution in [-0.2, 0) is 17.8 Å². The summed E-state index contributed by atoms with van der Waals surface area (Å²) >= 11 is 0. The van der Waals surface area contributed by atoms with Crippen LogP contribution in [0.15, 0.2) is 18.2 Å². The highest BCUT2D eigenvalue weighted by molar-refractivity contribution is 5.81. The summed E-state index contributed by atoms with van der Waals surface area (Å²) < 4.78 is 0. The van der Waals surface area contributed by atoms with E-state index in [-0.39, 0.29) is 18.0 Å². The first kappa shape index (κ1) is 13.9. The number of hydrogen-bond acceptors (Lipinski definition) is 3. The van der Waals surface area contributed by atoms with E-state index < -0.39 is 0 Å². The van der Waals surface area contributed by atoms with Gasteiger partial charge in [-0.25, -0.2) is 0 Å². The monoisotopic (exact) mass is 261 g/mol. The maximum absolute atomic E-state index is 12.1. The van der Waals surface area contributed by atoms with Gasteiger partial charge >= 0.3 is 0 Å². The zero-order valence-electron chi connectivity index (χ0n) is 11.9. The van der Waals surface area contributed by atoms with Gasteiger partial charge in [-0.05, 0) is 50.5 Å². The minimum Gasteiger partial charge on any atom is -0.399 e. The quantitative estimate of drug-likeness (QED) is 0.811. The van der Waals surface area contributed by atoms with Gasteiger partial charge in [0.15, 0.2) is 0 Å². The van der Waals surface area contributed by atoms with Gasteiger partial charge in [-0.2, -0.15) is 0 Å². The van der Waals surface area contributed by atoms with E-state index >= 15 is 0 Å². The molecular formula is C15H23N3O. The SMILES string of the molecule is CC(C)NC(=O)C(C)N1CCc2ccc(N)cc2C1. The van der Waals surface area contributed by atoms with Crippen LogP contribution in [0.3, 0.4) is 0 Å². The Morgan fingerprint density at radius 3 is 2.74 bits per heavy atom. The van der Waals surface area contributed by atoms with Gasteiger partial charge in [0.05, 0.1) is 6.04 Å². The molecule has 0 saturated heterocycles. The third-order valence-corrected chi connectivity index (χ3v) is 3.63. The fraction of sp³-hybridized carbons (Fsp3) is 0.533. The molecule has 0 saturated carbocycles. The highest BCUT2D eigenvalue weighted by atomic mass is 16.2. The van der Waals surface area contributed by atoms with Crippen LogP contribution in [0.5, 0.6) is 0 Å². The molecule has 1 aliphatic heterocycles. The minimum absolute atomic E-state index is 0.0994. The molecule has 1 atom stereocenters. The third-order valence-electron chi connectivity index (χ3n) is 3.63. The molecule has 0 fully saturated rings. The Hall–Kier alpha value is -1.55. The number of nitrogens with zero attached hydrogens (tertiary/aromatic N) is 1. The number of nitrogen functional groups attached to an aromatic ring is 1. The standard InChI is InChI=1S/C15H23N3O/c1-10(2)17-15(19)11(3)18-7-6-12-4-5-14(16)8-13(12)9-18/h4-5,8,10-11H,6-7,9,16H2,1-3H3,(H,17,19). The number of anilines is 1. The van der Waals surface area contributed by atoms with Crippen molar-refractivity contribution in [1.82, 2.24) is 10.2 Å². The van der Waals surface area contributed by atoms with Crippen molar-refractivity contribution in [2.24, 2.45) is 0 Å². The Balaban J connectivity index is 2.06. The van der Waals surface area contributed by atoms with Crippen molar-refractivity contribution >= 4 is 11.6 Å². The molecule has 19 heavy (non-hydrogen) atoms. The maximum atomic E-state index is 12.1. The summed E-state index contributed by atoms with van der Waals surface area (Å²) in [7, 11) is 0. The van der Waals surface area contributed by atoms with Gasteiger partial charge in [-0.3, -0.25) is 9.69 Å². The Morgan fingerprint density at radius 1 is 1.32 bits per heavy atom. The van der Waals surface area contributed by atoms with Gasteiger partial charge in [-0.1, -0.05) is 6.07 Å². The molecule has 3 N–H and O–H groups in total. The van der Waals surface area contributed by atoms with Gasteiger partial charge in [0.25, 0.3) is 0 Å². The average molecular weight is 261 g/mol. The molecule has 2 rings (SSSR count). The summed E-state index contributed by atoms with van der Waals surface area (Å²) in [6.45, 7) is 7.65. The van der Waals surface area contributed by atoms with Gasteiger partial charge in [0.1, 0.15) is 0 Å². The Bertz CT molecular complexity index is 470. The lowest BCUT2D eigenvalue weighted by atomic mass is 9.98. The van der Waals surface area contributed by atoms with Crippen molar-refractivity contribution in [2.75, 3.05) is 12.3 Å². The predicted octanol–water partition coefficient (Wildman–Crippen LogP) is 1.54. The molecule has 0 radical (unpaired) electrons. The fourth-order valence-electron chi connectivity index (χ4n) is 2.50. The van der Waals surface area contributed by atoms with Gasteiger partial charge in [0.2, 0.25) is 5.91 Å². The summed E-state index contributed by atoms with van der Waals surface area (Å²) in [6.07, 6.45) is 0.981. The van der Waals surface area contributed by atoms with Crippen molar-refractivity contribution in [2.45, 2.75) is 45.8 Å². The van der Waals surface area contributed by atoms with E-state index in [1.165, 1.54) is 11.1 Å². The van der Waals surface area contributed by atoms with Crippen LogP contribution in [0.2, 0.25) is 0 Å². The number of hydrogen-bond donors (Lipinski definition) is 2. The van der Waals surface area contributed by atoms with E-state index in [0.717, 1.165) is 25.2 Å². The highest BCUT2D eigenvalue weighted by Crippen LogP contribution is 2.22. The van der Waals surface area contributed by atoms with Gasteiger partial charge in [-0.15, -0.1) is 0 Å². The Kier molecular flexibility index (Phi) is 4.10. The Morgan fingerprint density at radius 2 is 2.05 bits per heavy atom. The maximum Gasteiger partial charge on any atom is 0.237 e. The second kappa shape index (κ2) is 5.61. The number of nitrogens with one attached hydrogen (secondary N) is 1. The summed E-state index contributed by atoms with van der Waals surface area (Å²) in [5.74, 6) is 0.0994. The second-order valence-electron chi connectivity index (χ2n) is 5.59. The number of benzene rings is 1. The molecule has 0 spiro atoms. The second-order valence-corrected chi connectivity index (χ2v) is 5.59. The van der Waals surface area contributed by atoms with Crippen LogP contribution in [0, 0.1) is 0 Å². The number of carbonyl (C=O) groups is 1. The normalized spacial score (nSPS) is 17.1. The lowest BCUT2D eigenvalue weighted by molar-refractivity contribution is -0.126. The molecular weight excluding hydrogens is 238 g/mol. The smallest absolute Gasteiger partial charge is 0.237 e. The fourth-order valence-corrected chi connectivity index (χ4v) is 2.50. The van der Waals surface area contributed by atoms with Crippen LogP contribution < -0.4 is 11.1 Å². The molecule has 1 amide bonds. The lowest BCUT2D eigenvalue weighted by Gasteiger charge is -2.33. The molecule has 0 aliphatic carbocycles. The van der Waals surface area contributed by atoms with Crippen molar-refractivity contribution in [1.29, 1.82) is 0 Å². The highest BCUT2D eigenvalue weighted by Gasteiger charge is 2.25. The Labute approximate surface area is 115 Å². The molecule has 1 aliphatic rings. The van der Waals surface area contributed by atoms with E-state index in [0.29, 0.717) is 0 Å². The summed E-state index contributed by atoms with van der Waals surface area (Å²) in [5.41, 5.74) is 9.22. The number of nitrogens with two attached hydrogens (primary N) is 1. The van der Waals surface area contributed by atoms with E-state index in [9.17, 15) is 4.79 Å². The minimum atomic E-state index is -0.100. The molecule has 1 aromatic rings. The van der Waals surface area contributed by atoms with Crippen LogP contribution in [0.4, 0.5) is 5.69 Å². The predicted molar refractivity (Wildman–Crippen MR) is 77.7 cm³/mol. The molecule has 104 valence electrons. The lowest BCUT2D eigenvalue weighted by Crippen LogP contribution is -2.48. The number of rotatable bonds is 3. The summed E-state index contributed by atoms with van der Waals surface area (Å²) in [4.78, 5) is 14.3. The zero-order valence-corrected chi connectivity index (χ0v) is 11.9. The molecule has 0 bridgehead atoms. The first-order chi connectivity index (χ1) is 8.97. The van der Waals surface area contributed by atoms with Crippen LogP contribution in [0.25, 0.3) is 0 Å². The topological polar surface area (TPSA) is 58.4 Å². The van der Waals surface area contributed by atoms with Crippen molar-refractivity contribution in [3.63, 3.8) is 0 Å². The van der Waals surface area contributed by atoms with Gasteiger partial charge < -0.3 is 11.1 Å². The molecule has 1 heterocycles. The van der Waals surface area contributed by atoms with Crippen LogP contribution >= 0.6 is 0 Å². The van der Waals surface area contributed by atoms with Crippen LogP contribution in [-0.4, -0.2) is 29.4 Å². The molecule has 1 aromatic carbocycles. The van der Waals surface area contributed by atoms with E-state index in [2.05, 4.69) is 16.3 Å². The van der Waals surface area contributed by atoms with Gasteiger partial charge in [0, 0.05) is 24.8 Å².